The van der Waals surface area contributed by atoms with Gasteiger partial charge in [0.1, 0.15) is 0 Å². The van der Waals surface area contributed by atoms with Crippen LogP contribution >= 0.6 is 11.3 Å². The fourth-order valence-electron chi connectivity index (χ4n) is 2.37. The molecule has 8 heteroatoms. The van der Waals surface area contributed by atoms with Crippen LogP contribution in [0.1, 0.15) is 35.0 Å². The third-order valence-electron chi connectivity index (χ3n) is 3.67. The Bertz CT molecular complexity index is 844. The SMILES string of the molecule is Cc1cnc(-n2ccc(CC(=O)Nc3cc(C4CC4)[nH]n3)n2)s1. The molecule has 7 nitrogen and oxygen atoms in total. The molecule has 1 fully saturated rings. The number of anilines is 1. The number of carbonyl (C=O) groups excluding carboxylic acids is 1. The maximum absolute atomic E-state index is 12.1. The Morgan fingerprint density at radius 3 is 3.13 bits per heavy atom. The van der Waals surface area contributed by atoms with Gasteiger partial charge in [-0.3, -0.25) is 9.89 Å². The number of aromatic nitrogens is 5. The van der Waals surface area contributed by atoms with E-state index in [9.17, 15) is 4.79 Å². The molecule has 0 spiro atoms. The number of hydrogen-bond acceptors (Lipinski definition) is 5. The summed E-state index contributed by atoms with van der Waals surface area (Å²) < 4.78 is 1.69. The highest BCUT2D eigenvalue weighted by Crippen LogP contribution is 2.39. The summed E-state index contributed by atoms with van der Waals surface area (Å²) >= 11 is 1.56. The van der Waals surface area contributed by atoms with Crippen LogP contribution in [0.25, 0.3) is 5.13 Å². The molecular weight excluding hydrogens is 312 g/mol. The van der Waals surface area contributed by atoms with Crippen molar-refractivity contribution < 1.29 is 4.79 Å². The van der Waals surface area contributed by atoms with Crippen molar-refractivity contribution in [2.45, 2.75) is 32.1 Å². The fraction of sp³-hybridized carbons (Fsp3) is 0.333. The second-order valence-electron chi connectivity index (χ2n) is 5.71. The Kier molecular flexibility index (Phi) is 3.45. The highest BCUT2D eigenvalue weighted by atomic mass is 32.1. The molecule has 1 aliphatic carbocycles. The van der Waals surface area contributed by atoms with Crippen molar-refractivity contribution in [3.8, 4) is 5.13 Å². The molecule has 0 aromatic carbocycles. The highest BCUT2D eigenvalue weighted by molar-refractivity contribution is 7.13. The Balaban J connectivity index is 1.39. The van der Waals surface area contributed by atoms with Gasteiger partial charge in [0.05, 0.1) is 12.1 Å². The van der Waals surface area contributed by atoms with Gasteiger partial charge in [-0.25, -0.2) is 9.67 Å². The summed E-state index contributed by atoms with van der Waals surface area (Å²) in [7, 11) is 0. The summed E-state index contributed by atoms with van der Waals surface area (Å²) in [6.45, 7) is 2.00. The molecule has 3 heterocycles. The number of nitrogens with zero attached hydrogens (tertiary/aromatic N) is 4. The molecule has 1 aliphatic rings. The van der Waals surface area contributed by atoms with E-state index in [2.05, 4.69) is 25.6 Å². The average molecular weight is 328 g/mol. The molecular formula is C15H16N6OS. The minimum absolute atomic E-state index is 0.126. The molecule has 0 bridgehead atoms. The zero-order valence-electron chi connectivity index (χ0n) is 12.6. The fourth-order valence-corrected chi connectivity index (χ4v) is 3.06. The number of carbonyl (C=O) groups is 1. The van der Waals surface area contributed by atoms with Crippen LogP contribution in [0.4, 0.5) is 5.82 Å². The van der Waals surface area contributed by atoms with Gasteiger partial charge in [-0.1, -0.05) is 0 Å². The van der Waals surface area contributed by atoms with Crippen molar-refractivity contribution in [2.24, 2.45) is 0 Å². The van der Waals surface area contributed by atoms with E-state index in [0.29, 0.717) is 17.4 Å². The van der Waals surface area contributed by atoms with Gasteiger partial charge >= 0.3 is 0 Å². The lowest BCUT2D eigenvalue weighted by atomic mass is 10.3. The van der Waals surface area contributed by atoms with E-state index in [-0.39, 0.29) is 12.3 Å². The van der Waals surface area contributed by atoms with Crippen LogP contribution in [-0.4, -0.2) is 30.9 Å². The molecule has 0 aliphatic heterocycles. The van der Waals surface area contributed by atoms with Gasteiger partial charge < -0.3 is 5.32 Å². The first-order chi connectivity index (χ1) is 11.2. The van der Waals surface area contributed by atoms with Crippen molar-refractivity contribution >= 4 is 23.1 Å². The Hall–Kier alpha value is -2.48. The zero-order chi connectivity index (χ0) is 15.8. The van der Waals surface area contributed by atoms with Crippen LogP contribution in [0, 0.1) is 6.92 Å². The number of rotatable bonds is 5. The summed E-state index contributed by atoms with van der Waals surface area (Å²) in [6, 6.07) is 3.74. The van der Waals surface area contributed by atoms with Crippen LogP contribution in [0.2, 0.25) is 0 Å². The number of nitrogens with one attached hydrogen (secondary N) is 2. The van der Waals surface area contributed by atoms with Crippen molar-refractivity contribution in [3.63, 3.8) is 0 Å². The van der Waals surface area contributed by atoms with Gasteiger partial charge in [0.2, 0.25) is 11.0 Å². The number of hydrogen-bond donors (Lipinski definition) is 2. The molecule has 0 atom stereocenters. The Morgan fingerprint density at radius 2 is 2.39 bits per heavy atom. The van der Waals surface area contributed by atoms with Gasteiger partial charge in [-0.15, -0.1) is 11.3 Å². The quantitative estimate of drug-likeness (QED) is 0.753. The third-order valence-corrected chi connectivity index (χ3v) is 4.58. The molecule has 0 saturated heterocycles. The lowest BCUT2D eigenvalue weighted by Crippen LogP contribution is -2.15. The molecule has 0 radical (unpaired) electrons. The lowest BCUT2D eigenvalue weighted by Gasteiger charge is -1.99. The van der Waals surface area contributed by atoms with E-state index >= 15 is 0 Å². The second kappa shape index (κ2) is 5.62. The van der Waals surface area contributed by atoms with Gasteiger partial charge in [0, 0.05) is 34.9 Å². The standard InChI is InChI=1S/C15H16N6OS/c1-9-8-16-15(23-9)21-5-4-11(20-21)6-14(22)17-13-7-12(18-19-13)10-2-3-10/h4-5,7-8,10H,2-3,6H2,1H3,(H2,17,18,19,22). The molecule has 118 valence electrons. The van der Waals surface area contributed by atoms with E-state index in [0.717, 1.165) is 15.7 Å². The van der Waals surface area contributed by atoms with E-state index < -0.39 is 0 Å². The molecule has 0 unspecified atom stereocenters. The predicted molar refractivity (Wildman–Crippen MR) is 86.9 cm³/mol. The highest BCUT2D eigenvalue weighted by Gasteiger charge is 2.25. The average Bonchev–Trinajstić information content (AvgIpc) is 2.91. The Labute approximate surface area is 136 Å². The molecule has 23 heavy (non-hydrogen) atoms. The summed E-state index contributed by atoms with van der Waals surface area (Å²) in [4.78, 5) is 17.5. The molecule has 3 aromatic heterocycles. The number of amides is 1. The monoisotopic (exact) mass is 328 g/mol. The van der Waals surface area contributed by atoms with Gasteiger partial charge in [-0.05, 0) is 25.8 Å². The van der Waals surface area contributed by atoms with E-state index in [1.54, 1.807) is 16.0 Å². The first kappa shape index (κ1) is 14.1. The second-order valence-corrected chi connectivity index (χ2v) is 6.93. The predicted octanol–water partition coefficient (Wildman–Crippen LogP) is 2.42. The zero-order valence-corrected chi connectivity index (χ0v) is 13.4. The van der Waals surface area contributed by atoms with Crippen LogP contribution in [0.15, 0.2) is 24.5 Å². The van der Waals surface area contributed by atoms with Gasteiger partial charge in [0.15, 0.2) is 5.82 Å². The maximum Gasteiger partial charge on any atom is 0.231 e. The van der Waals surface area contributed by atoms with Crippen LogP contribution in [-0.2, 0) is 11.2 Å². The van der Waals surface area contributed by atoms with Crippen molar-refractivity contribution in [1.29, 1.82) is 0 Å². The third kappa shape index (κ3) is 3.16. The van der Waals surface area contributed by atoms with Crippen molar-refractivity contribution in [2.75, 3.05) is 5.32 Å². The van der Waals surface area contributed by atoms with Crippen LogP contribution in [0.5, 0.6) is 0 Å². The maximum atomic E-state index is 12.1. The van der Waals surface area contributed by atoms with E-state index in [4.69, 9.17) is 0 Å². The van der Waals surface area contributed by atoms with E-state index in [1.807, 2.05) is 31.5 Å². The van der Waals surface area contributed by atoms with Crippen LogP contribution in [0.3, 0.4) is 0 Å². The normalized spacial score (nSPS) is 14.1. The minimum atomic E-state index is -0.126. The number of aryl methyl sites for hydroxylation is 1. The largest absolute Gasteiger partial charge is 0.309 e. The summed E-state index contributed by atoms with van der Waals surface area (Å²) in [5, 5.41) is 15.1. The lowest BCUT2D eigenvalue weighted by molar-refractivity contribution is -0.115. The van der Waals surface area contributed by atoms with Crippen molar-refractivity contribution in [3.05, 3.63) is 40.8 Å². The molecule has 4 rings (SSSR count). The molecule has 2 N–H and O–H groups in total. The first-order valence-electron chi connectivity index (χ1n) is 7.50. The minimum Gasteiger partial charge on any atom is -0.309 e. The molecule has 3 aromatic rings. The Morgan fingerprint density at radius 1 is 1.52 bits per heavy atom. The van der Waals surface area contributed by atoms with E-state index in [1.165, 1.54) is 12.8 Å². The van der Waals surface area contributed by atoms with Gasteiger partial charge in [0.25, 0.3) is 0 Å². The van der Waals surface area contributed by atoms with Gasteiger partial charge in [-0.2, -0.15) is 10.2 Å². The van der Waals surface area contributed by atoms with Crippen molar-refractivity contribution in [1.82, 2.24) is 25.0 Å². The summed E-state index contributed by atoms with van der Waals surface area (Å²) in [5.41, 5.74) is 1.80. The number of thiazole rings is 1. The molecule has 1 saturated carbocycles. The first-order valence-corrected chi connectivity index (χ1v) is 8.31. The smallest absolute Gasteiger partial charge is 0.231 e. The summed E-state index contributed by atoms with van der Waals surface area (Å²) in [6.07, 6.45) is 6.24. The van der Waals surface area contributed by atoms with Crippen LogP contribution < -0.4 is 5.32 Å². The number of aromatic amines is 1. The number of H-pyrrole nitrogens is 1. The topological polar surface area (TPSA) is 88.5 Å². The molecule has 1 amide bonds. The summed E-state index contributed by atoms with van der Waals surface area (Å²) in [5.74, 6) is 1.04.